The van der Waals surface area contributed by atoms with Gasteiger partial charge in [0.15, 0.2) is 0 Å². The van der Waals surface area contributed by atoms with Crippen LogP contribution in [0.5, 0.6) is 0 Å². The van der Waals surface area contributed by atoms with Crippen LogP contribution in [0, 0.1) is 17.8 Å². The van der Waals surface area contributed by atoms with Gasteiger partial charge in [-0.05, 0) is 43.9 Å². The monoisotopic (exact) mass is 318 g/mol. The van der Waals surface area contributed by atoms with Crippen LogP contribution in [0.25, 0.3) is 0 Å². The molecule has 2 aliphatic rings. The van der Waals surface area contributed by atoms with Crippen LogP contribution >= 0.6 is 0 Å². The molecule has 2 rings (SSSR count). The molecule has 0 radical (unpaired) electrons. The SMILES string of the molecule is CC1CC(F)C(C2CCC(OC(F)(F)F)C(F)C2)C(F)C1. The molecule has 0 aliphatic heterocycles. The standard InChI is InChI=1S/C14H20F6O/c1-7-4-10(16)13(11(17)5-7)8-2-3-12(9(15)6-8)21-14(18,19)20/h7-13H,2-6H2,1H3. The Kier molecular flexibility index (Phi) is 5.11. The molecule has 0 heterocycles. The Morgan fingerprint density at radius 2 is 1.43 bits per heavy atom. The molecule has 5 atom stereocenters. The van der Waals surface area contributed by atoms with E-state index in [2.05, 4.69) is 4.74 Å². The number of hydrogen-bond donors (Lipinski definition) is 0. The van der Waals surface area contributed by atoms with Crippen molar-refractivity contribution in [3.8, 4) is 0 Å². The fourth-order valence-electron chi connectivity index (χ4n) is 3.77. The molecule has 0 N–H and O–H groups in total. The van der Waals surface area contributed by atoms with Crippen LogP contribution in [0.15, 0.2) is 0 Å². The first kappa shape index (κ1) is 16.9. The van der Waals surface area contributed by atoms with Gasteiger partial charge in [-0.1, -0.05) is 6.92 Å². The first-order chi connectivity index (χ1) is 9.67. The predicted octanol–water partition coefficient (Wildman–Crippen LogP) is 4.75. The summed E-state index contributed by atoms with van der Waals surface area (Å²) in [5, 5.41) is 0. The quantitative estimate of drug-likeness (QED) is 0.668. The van der Waals surface area contributed by atoms with Crippen molar-refractivity contribution < 1.29 is 31.1 Å². The molecule has 5 unspecified atom stereocenters. The van der Waals surface area contributed by atoms with Crippen LogP contribution in [-0.4, -0.2) is 31.0 Å². The average Bonchev–Trinajstić information content (AvgIpc) is 2.29. The Labute approximate surface area is 120 Å². The third kappa shape index (κ3) is 4.27. The van der Waals surface area contributed by atoms with Crippen molar-refractivity contribution in [1.82, 2.24) is 0 Å². The number of ether oxygens (including phenoxy) is 1. The molecular weight excluding hydrogens is 298 g/mol. The van der Waals surface area contributed by atoms with Gasteiger partial charge in [-0.25, -0.2) is 13.2 Å². The second-order valence-corrected chi connectivity index (χ2v) is 6.38. The molecule has 0 amide bonds. The normalized spacial score (nSPS) is 45.6. The summed E-state index contributed by atoms with van der Waals surface area (Å²) in [4.78, 5) is 0. The second-order valence-electron chi connectivity index (χ2n) is 6.38. The summed E-state index contributed by atoms with van der Waals surface area (Å²) in [5.74, 6) is -1.51. The third-order valence-electron chi connectivity index (χ3n) is 4.67. The van der Waals surface area contributed by atoms with E-state index in [4.69, 9.17) is 0 Å². The van der Waals surface area contributed by atoms with Crippen molar-refractivity contribution in [2.75, 3.05) is 0 Å². The maximum atomic E-state index is 14.1. The first-order valence-corrected chi connectivity index (χ1v) is 7.34. The topological polar surface area (TPSA) is 9.23 Å². The van der Waals surface area contributed by atoms with Crippen LogP contribution in [0.1, 0.15) is 39.0 Å². The highest BCUT2D eigenvalue weighted by Gasteiger charge is 2.47. The van der Waals surface area contributed by atoms with Crippen LogP contribution in [0.4, 0.5) is 26.3 Å². The highest BCUT2D eigenvalue weighted by Crippen LogP contribution is 2.44. The minimum absolute atomic E-state index is 0.0580. The molecule has 2 saturated carbocycles. The average molecular weight is 318 g/mol. The number of rotatable bonds is 2. The van der Waals surface area contributed by atoms with Crippen LogP contribution in [0.2, 0.25) is 0 Å². The van der Waals surface area contributed by atoms with E-state index in [9.17, 15) is 26.3 Å². The maximum absolute atomic E-state index is 14.1. The van der Waals surface area contributed by atoms with Crippen molar-refractivity contribution >= 4 is 0 Å². The van der Waals surface area contributed by atoms with E-state index >= 15 is 0 Å². The molecule has 7 heteroatoms. The van der Waals surface area contributed by atoms with Gasteiger partial charge in [0, 0.05) is 5.92 Å². The Morgan fingerprint density at radius 3 is 1.90 bits per heavy atom. The fourth-order valence-corrected chi connectivity index (χ4v) is 3.77. The van der Waals surface area contributed by atoms with E-state index in [1.165, 1.54) is 0 Å². The van der Waals surface area contributed by atoms with Gasteiger partial charge in [-0.15, -0.1) is 13.2 Å². The Balaban J connectivity index is 1.95. The van der Waals surface area contributed by atoms with E-state index in [-0.39, 0.29) is 38.0 Å². The molecule has 124 valence electrons. The smallest absolute Gasteiger partial charge is 0.286 e. The summed E-state index contributed by atoms with van der Waals surface area (Å²) in [5.41, 5.74) is 0. The maximum Gasteiger partial charge on any atom is 0.522 e. The lowest BCUT2D eigenvalue weighted by Gasteiger charge is -2.41. The molecule has 0 bridgehead atoms. The lowest BCUT2D eigenvalue weighted by Crippen LogP contribution is -2.45. The minimum atomic E-state index is -4.88. The summed E-state index contributed by atoms with van der Waals surface area (Å²) in [7, 11) is 0. The molecular formula is C14H20F6O. The van der Waals surface area contributed by atoms with Gasteiger partial charge in [-0.2, -0.15) is 0 Å². The zero-order valence-electron chi connectivity index (χ0n) is 11.8. The molecule has 1 nitrogen and oxygen atoms in total. The summed E-state index contributed by atoms with van der Waals surface area (Å²) < 4.78 is 82.1. The summed E-state index contributed by atoms with van der Waals surface area (Å²) >= 11 is 0. The zero-order valence-corrected chi connectivity index (χ0v) is 11.8. The molecule has 2 aliphatic carbocycles. The number of halogens is 6. The predicted molar refractivity (Wildman–Crippen MR) is 64.8 cm³/mol. The molecule has 2 fully saturated rings. The van der Waals surface area contributed by atoms with Crippen molar-refractivity contribution in [1.29, 1.82) is 0 Å². The van der Waals surface area contributed by atoms with Gasteiger partial charge in [0.1, 0.15) is 18.5 Å². The van der Waals surface area contributed by atoms with Crippen LogP contribution in [0.3, 0.4) is 0 Å². The lowest BCUT2D eigenvalue weighted by atomic mass is 9.68. The van der Waals surface area contributed by atoms with E-state index in [0.717, 1.165) is 0 Å². The highest BCUT2D eigenvalue weighted by molar-refractivity contribution is 4.93. The Bertz CT molecular complexity index is 335. The van der Waals surface area contributed by atoms with Crippen LogP contribution < -0.4 is 0 Å². The van der Waals surface area contributed by atoms with E-state index in [0.29, 0.717) is 0 Å². The van der Waals surface area contributed by atoms with Crippen LogP contribution in [-0.2, 0) is 4.74 Å². The van der Waals surface area contributed by atoms with Crippen molar-refractivity contribution in [2.45, 2.75) is 70.0 Å². The van der Waals surface area contributed by atoms with Crippen molar-refractivity contribution in [2.24, 2.45) is 17.8 Å². The largest absolute Gasteiger partial charge is 0.522 e. The van der Waals surface area contributed by atoms with E-state index in [1.807, 2.05) is 0 Å². The molecule has 21 heavy (non-hydrogen) atoms. The van der Waals surface area contributed by atoms with Gasteiger partial charge in [0.25, 0.3) is 0 Å². The van der Waals surface area contributed by atoms with Gasteiger partial charge >= 0.3 is 6.36 Å². The van der Waals surface area contributed by atoms with Crippen molar-refractivity contribution in [3.05, 3.63) is 0 Å². The van der Waals surface area contributed by atoms with Gasteiger partial charge in [-0.3, -0.25) is 4.74 Å². The molecule has 0 spiro atoms. The van der Waals surface area contributed by atoms with Gasteiger partial charge in [0.05, 0.1) is 6.10 Å². The Hall–Kier alpha value is -0.460. The second kappa shape index (κ2) is 6.34. The molecule has 0 aromatic heterocycles. The molecule has 0 aromatic carbocycles. The van der Waals surface area contributed by atoms with Gasteiger partial charge < -0.3 is 0 Å². The molecule has 0 saturated heterocycles. The number of alkyl halides is 6. The minimum Gasteiger partial charge on any atom is -0.286 e. The molecule has 0 aromatic rings. The Morgan fingerprint density at radius 1 is 0.857 bits per heavy atom. The summed E-state index contributed by atoms with van der Waals surface area (Å²) in [6.07, 6.45) is -10.7. The summed E-state index contributed by atoms with van der Waals surface area (Å²) in [6, 6.07) is 0. The third-order valence-corrected chi connectivity index (χ3v) is 4.67. The van der Waals surface area contributed by atoms with Gasteiger partial charge in [0.2, 0.25) is 0 Å². The van der Waals surface area contributed by atoms with Crippen molar-refractivity contribution in [3.63, 3.8) is 0 Å². The highest BCUT2D eigenvalue weighted by atomic mass is 19.4. The lowest BCUT2D eigenvalue weighted by molar-refractivity contribution is -0.352. The zero-order chi connectivity index (χ0) is 15.8. The fraction of sp³-hybridized carbons (Fsp3) is 1.00. The van der Waals surface area contributed by atoms with E-state index < -0.39 is 42.8 Å². The summed E-state index contributed by atoms with van der Waals surface area (Å²) in [6.45, 7) is 1.77. The first-order valence-electron chi connectivity index (χ1n) is 7.34. The van der Waals surface area contributed by atoms with E-state index in [1.54, 1.807) is 6.92 Å². The number of hydrogen-bond acceptors (Lipinski definition) is 1.